The number of aromatic nitrogens is 4. The maximum atomic E-state index is 4.46. The molecule has 1 unspecified atom stereocenters. The zero-order valence-electron chi connectivity index (χ0n) is 11.3. The molecule has 3 aromatic heterocycles. The lowest BCUT2D eigenvalue weighted by Gasteiger charge is -2.13. The van der Waals surface area contributed by atoms with Crippen molar-refractivity contribution in [3.63, 3.8) is 0 Å². The smallest absolute Gasteiger partial charge is 0.138 e. The molecule has 0 amide bonds. The second kappa shape index (κ2) is 5.42. The minimum Gasteiger partial charge on any atom is -0.375 e. The molecule has 6 heteroatoms. The predicted octanol–water partition coefficient (Wildman–Crippen LogP) is 3.21. The summed E-state index contributed by atoms with van der Waals surface area (Å²) in [5.74, 6) is 1.79. The molecule has 0 aliphatic carbocycles. The van der Waals surface area contributed by atoms with Crippen LogP contribution in [-0.2, 0) is 0 Å². The van der Waals surface area contributed by atoms with E-state index in [-0.39, 0.29) is 6.04 Å². The number of imidazole rings is 1. The number of thiazole rings is 1. The average Bonchev–Trinajstić information content (AvgIpc) is 3.11. The van der Waals surface area contributed by atoms with Crippen LogP contribution in [0.5, 0.6) is 0 Å². The van der Waals surface area contributed by atoms with E-state index in [1.54, 1.807) is 17.5 Å². The van der Waals surface area contributed by atoms with Crippen LogP contribution in [0.1, 0.15) is 23.8 Å². The zero-order valence-corrected chi connectivity index (χ0v) is 12.1. The van der Waals surface area contributed by atoms with Gasteiger partial charge >= 0.3 is 0 Å². The minimum atomic E-state index is 0.178. The van der Waals surface area contributed by atoms with Gasteiger partial charge in [0.05, 0.1) is 17.9 Å². The predicted molar refractivity (Wildman–Crippen MR) is 80.2 cm³/mol. The minimum absolute atomic E-state index is 0.178. The summed E-state index contributed by atoms with van der Waals surface area (Å²) in [6, 6.07) is 4.18. The first-order valence-corrected chi connectivity index (χ1v) is 7.24. The van der Waals surface area contributed by atoms with Gasteiger partial charge in [0.25, 0.3) is 0 Å². The molecule has 1 N–H and O–H groups in total. The van der Waals surface area contributed by atoms with Gasteiger partial charge in [0, 0.05) is 24.0 Å². The third-order valence-corrected chi connectivity index (χ3v) is 3.98. The number of hydrogen-bond acceptors (Lipinski definition) is 5. The first kappa shape index (κ1) is 12.8. The van der Waals surface area contributed by atoms with E-state index in [0.717, 1.165) is 22.3 Å². The van der Waals surface area contributed by atoms with Crippen LogP contribution in [0.3, 0.4) is 0 Å². The van der Waals surface area contributed by atoms with E-state index in [2.05, 4.69) is 27.2 Å². The van der Waals surface area contributed by atoms with Crippen molar-refractivity contribution in [3.8, 4) is 5.82 Å². The van der Waals surface area contributed by atoms with E-state index in [1.807, 2.05) is 47.6 Å². The van der Waals surface area contributed by atoms with Gasteiger partial charge in [0.15, 0.2) is 0 Å². The van der Waals surface area contributed by atoms with Gasteiger partial charge in [-0.1, -0.05) is 0 Å². The highest BCUT2D eigenvalue weighted by Gasteiger charge is 2.08. The van der Waals surface area contributed by atoms with Gasteiger partial charge in [0.1, 0.15) is 16.6 Å². The summed E-state index contributed by atoms with van der Waals surface area (Å²) in [5.41, 5.74) is 0.981. The first-order chi connectivity index (χ1) is 9.74. The Hall–Kier alpha value is -2.21. The number of nitrogens with one attached hydrogen (secondary N) is 1. The monoisotopic (exact) mass is 285 g/mol. The third kappa shape index (κ3) is 2.55. The number of hydrogen-bond donors (Lipinski definition) is 1. The van der Waals surface area contributed by atoms with Crippen molar-refractivity contribution < 1.29 is 0 Å². The van der Waals surface area contributed by atoms with E-state index in [9.17, 15) is 0 Å². The van der Waals surface area contributed by atoms with Gasteiger partial charge < -0.3 is 5.32 Å². The summed E-state index contributed by atoms with van der Waals surface area (Å²) >= 11 is 1.65. The van der Waals surface area contributed by atoms with Crippen molar-refractivity contribution in [2.45, 2.75) is 19.9 Å². The Bertz CT molecular complexity index is 672. The molecular weight excluding hydrogens is 270 g/mol. The van der Waals surface area contributed by atoms with Crippen molar-refractivity contribution in [2.75, 3.05) is 5.32 Å². The lowest BCUT2D eigenvalue weighted by atomic mass is 10.3. The molecule has 0 saturated carbocycles. The number of nitrogens with zero attached hydrogens (tertiary/aromatic N) is 4. The van der Waals surface area contributed by atoms with Gasteiger partial charge in [-0.25, -0.2) is 15.0 Å². The fourth-order valence-corrected chi connectivity index (χ4v) is 2.64. The molecule has 0 aliphatic rings. The third-order valence-electron chi connectivity index (χ3n) is 3.03. The second-order valence-corrected chi connectivity index (χ2v) is 5.41. The summed E-state index contributed by atoms with van der Waals surface area (Å²) in [6.45, 7) is 4.05. The highest BCUT2D eigenvalue weighted by Crippen LogP contribution is 2.20. The molecule has 1 atom stereocenters. The Labute approximate surface area is 121 Å². The Morgan fingerprint density at radius 2 is 2.10 bits per heavy atom. The average molecular weight is 285 g/mol. The van der Waals surface area contributed by atoms with Crippen LogP contribution in [0, 0.1) is 6.92 Å². The molecule has 0 radical (unpaired) electrons. The molecule has 3 aromatic rings. The molecule has 3 heterocycles. The van der Waals surface area contributed by atoms with Gasteiger partial charge in [-0.3, -0.25) is 4.57 Å². The standard InChI is InChI=1S/C14H15N5S/c1-10(14-16-6-8-20-14)18-12-3-4-13(17-9-12)19-7-5-15-11(19)2/h3-10,18H,1-2H3. The summed E-state index contributed by atoms with van der Waals surface area (Å²) in [4.78, 5) is 13.0. The van der Waals surface area contributed by atoms with Crippen LogP contribution >= 0.6 is 11.3 Å². The van der Waals surface area contributed by atoms with Crippen LogP contribution in [0.2, 0.25) is 0 Å². The molecule has 0 fully saturated rings. The van der Waals surface area contributed by atoms with Crippen molar-refractivity contribution in [3.05, 3.63) is 53.1 Å². The fourth-order valence-electron chi connectivity index (χ4n) is 1.99. The van der Waals surface area contributed by atoms with Crippen LogP contribution in [-0.4, -0.2) is 19.5 Å². The second-order valence-electron chi connectivity index (χ2n) is 4.49. The van der Waals surface area contributed by atoms with Crippen molar-refractivity contribution >= 4 is 17.0 Å². The summed E-state index contributed by atoms with van der Waals surface area (Å²) in [6.07, 6.45) is 7.33. The molecule has 0 bridgehead atoms. The first-order valence-electron chi connectivity index (χ1n) is 6.36. The van der Waals surface area contributed by atoms with Crippen molar-refractivity contribution in [1.29, 1.82) is 0 Å². The summed E-state index contributed by atoms with van der Waals surface area (Å²) < 4.78 is 1.95. The van der Waals surface area contributed by atoms with E-state index in [1.165, 1.54) is 0 Å². The van der Waals surface area contributed by atoms with Crippen LogP contribution in [0.15, 0.2) is 42.3 Å². The fraction of sp³-hybridized carbons (Fsp3) is 0.214. The van der Waals surface area contributed by atoms with Gasteiger partial charge in [-0.2, -0.15) is 0 Å². The van der Waals surface area contributed by atoms with Gasteiger partial charge in [-0.05, 0) is 26.0 Å². The van der Waals surface area contributed by atoms with E-state index in [0.29, 0.717) is 0 Å². The Kier molecular flexibility index (Phi) is 3.47. The van der Waals surface area contributed by atoms with Crippen LogP contribution in [0.25, 0.3) is 5.82 Å². The molecule has 102 valence electrons. The lowest BCUT2D eigenvalue weighted by molar-refractivity contribution is 0.865. The summed E-state index contributed by atoms with van der Waals surface area (Å²) in [5, 5.41) is 6.44. The van der Waals surface area contributed by atoms with Crippen molar-refractivity contribution in [1.82, 2.24) is 19.5 Å². The Morgan fingerprint density at radius 1 is 1.20 bits per heavy atom. The van der Waals surface area contributed by atoms with E-state index < -0.39 is 0 Å². The van der Waals surface area contributed by atoms with E-state index in [4.69, 9.17) is 0 Å². The SMILES string of the molecule is Cc1nccn1-c1ccc(NC(C)c2nccs2)cn1. The Morgan fingerprint density at radius 3 is 2.70 bits per heavy atom. The van der Waals surface area contributed by atoms with E-state index >= 15 is 0 Å². The summed E-state index contributed by atoms with van der Waals surface area (Å²) in [7, 11) is 0. The lowest BCUT2D eigenvalue weighted by Crippen LogP contribution is -2.07. The number of aryl methyl sites for hydroxylation is 1. The molecule has 0 spiro atoms. The van der Waals surface area contributed by atoms with Gasteiger partial charge in [-0.15, -0.1) is 11.3 Å². The molecular formula is C14H15N5S. The van der Waals surface area contributed by atoms with Crippen molar-refractivity contribution in [2.24, 2.45) is 0 Å². The molecule has 20 heavy (non-hydrogen) atoms. The topological polar surface area (TPSA) is 55.6 Å². The highest BCUT2D eigenvalue weighted by atomic mass is 32.1. The Balaban J connectivity index is 1.75. The quantitative estimate of drug-likeness (QED) is 0.799. The molecule has 5 nitrogen and oxygen atoms in total. The highest BCUT2D eigenvalue weighted by molar-refractivity contribution is 7.09. The molecule has 0 aromatic carbocycles. The number of rotatable bonds is 4. The normalized spacial score (nSPS) is 12.3. The molecule has 0 saturated heterocycles. The van der Waals surface area contributed by atoms with Crippen LogP contribution in [0.4, 0.5) is 5.69 Å². The maximum absolute atomic E-state index is 4.46. The molecule has 0 aliphatic heterocycles. The largest absolute Gasteiger partial charge is 0.375 e. The number of pyridine rings is 1. The van der Waals surface area contributed by atoms with Gasteiger partial charge in [0.2, 0.25) is 0 Å². The van der Waals surface area contributed by atoms with Crippen LogP contribution < -0.4 is 5.32 Å². The number of anilines is 1. The maximum Gasteiger partial charge on any atom is 0.138 e. The molecule has 3 rings (SSSR count). The zero-order chi connectivity index (χ0) is 13.9.